The molecule has 6 heteroatoms. The van der Waals surface area contributed by atoms with E-state index in [9.17, 15) is 14.4 Å². The minimum absolute atomic E-state index is 0.185. The number of hydrogen-bond donors (Lipinski definition) is 2. The van der Waals surface area contributed by atoms with Crippen LogP contribution in [0.1, 0.15) is 26.3 Å². The monoisotopic (exact) mass is 273 g/mol. The molecule has 0 aliphatic rings. The van der Waals surface area contributed by atoms with Crippen molar-refractivity contribution < 1.29 is 19.1 Å². The predicted molar refractivity (Wildman–Crippen MR) is 69.5 cm³/mol. The molecule has 0 bridgehead atoms. The van der Waals surface area contributed by atoms with Gasteiger partial charge in [-0.2, -0.15) is 0 Å². The lowest BCUT2D eigenvalue weighted by Crippen LogP contribution is -2.23. The second kappa shape index (κ2) is 5.83. The van der Waals surface area contributed by atoms with Crippen LogP contribution >= 0.6 is 0 Å². The summed E-state index contributed by atoms with van der Waals surface area (Å²) in [7, 11) is 0. The van der Waals surface area contributed by atoms with Crippen LogP contribution in [-0.2, 0) is 6.54 Å². The van der Waals surface area contributed by atoms with Crippen molar-refractivity contribution in [2.45, 2.75) is 6.54 Å². The van der Waals surface area contributed by atoms with Crippen molar-refractivity contribution in [1.29, 1.82) is 0 Å². The highest BCUT2D eigenvalue weighted by atomic mass is 16.4. The molecule has 2 aromatic rings. The molecule has 0 spiro atoms. The van der Waals surface area contributed by atoms with Crippen LogP contribution in [0.3, 0.4) is 0 Å². The number of carboxylic acid groups (broad SMARTS) is 1. The zero-order valence-corrected chi connectivity index (χ0v) is 10.3. The van der Waals surface area contributed by atoms with Gasteiger partial charge in [-0.05, 0) is 23.8 Å². The van der Waals surface area contributed by atoms with Crippen molar-refractivity contribution in [3.05, 3.63) is 69.8 Å². The average Bonchev–Trinajstić information content (AvgIpc) is 2.46. The van der Waals surface area contributed by atoms with E-state index in [1.54, 1.807) is 12.1 Å². The molecular weight excluding hydrogens is 262 g/mol. The van der Waals surface area contributed by atoms with Gasteiger partial charge in [-0.1, -0.05) is 12.1 Å². The topological polar surface area (TPSA) is 96.6 Å². The van der Waals surface area contributed by atoms with E-state index in [1.807, 2.05) is 0 Å². The molecule has 0 aliphatic heterocycles. The molecule has 0 saturated carbocycles. The molecule has 0 radical (unpaired) electrons. The van der Waals surface area contributed by atoms with Crippen molar-refractivity contribution in [1.82, 2.24) is 5.32 Å². The van der Waals surface area contributed by atoms with Crippen LogP contribution in [0.25, 0.3) is 0 Å². The van der Waals surface area contributed by atoms with Crippen LogP contribution < -0.4 is 10.9 Å². The van der Waals surface area contributed by atoms with Crippen molar-refractivity contribution in [3.8, 4) is 0 Å². The second-order valence-electron chi connectivity index (χ2n) is 4.03. The van der Waals surface area contributed by atoms with E-state index in [0.29, 0.717) is 0 Å². The van der Waals surface area contributed by atoms with E-state index in [1.165, 1.54) is 18.2 Å². The molecule has 2 N–H and O–H groups in total. The Kier molecular flexibility index (Phi) is 3.95. The molecule has 1 amide bonds. The zero-order valence-electron chi connectivity index (χ0n) is 10.3. The summed E-state index contributed by atoms with van der Waals surface area (Å²) in [4.78, 5) is 33.2. The molecule has 0 atom stereocenters. The van der Waals surface area contributed by atoms with Gasteiger partial charge in [-0.25, -0.2) is 9.59 Å². The fraction of sp³-hybridized carbons (Fsp3) is 0.0714. The number of rotatable bonds is 4. The third-order valence-corrected chi connectivity index (χ3v) is 2.62. The quantitative estimate of drug-likeness (QED) is 0.874. The first-order valence-corrected chi connectivity index (χ1v) is 5.75. The molecule has 1 heterocycles. The van der Waals surface area contributed by atoms with Crippen molar-refractivity contribution in [2.75, 3.05) is 0 Å². The molecule has 1 aromatic carbocycles. The highest BCUT2D eigenvalue weighted by Crippen LogP contribution is 2.05. The Balaban J connectivity index is 1.98. The maximum atomic E-state index is 11.7. The van der Waals surface area contributed by atoms with Crippen molar-refractivity contribution in [3.63, 3.8) is 0 Å². The minimum Gasteiger partial charge on any atom is -0.478 e. The summed E-state index contributed by atoms with van der Waals surface area (Å²) in [5, 5.41) is 11.4. The Morgan fingerprint density at radius 1 is 1.05 bits per heavy atom. The molecular formula is C14H11NO5. The Bertz CT molecular complexity index is 667. The highest BCUT2D eigenvalue weighted by Gasteiger charge is 2.06. The van der Waals surface area contributed by atoms with Crippen LogP contribution in [0.2, 0.25) is 0 Å². The van der Waals surface area contributed by atoms with Crippen LogP contribution in [0.15, 0.2) is 51.9 Å². The van der Waals surface area contributed by atoms with E-state index in [0.717, 1.165) is 17.9 Å². The number of aromatic carboxylic acids is 1. The normalized spacial score (nSPS) is 10.0. The Labute approximate surface area is 113 Å². The highest BCUT2D eigenvalue weighted by molar-refractivity contribution is 5.93. The maximum absolute atomic E-state index is 11.7. The molecule has 0 saturated heterocycles. The third kappa shape index (κ3) is 3.32. The fourth-order valence-corrected chi connectivity index (χ4v) is 1.54. The van der Waals surface area contributed by atoms with Gasteiger partial charge in [0.1, 0.15) is 6.26 Å². The van der Waals surface area contributed by atoms with Crippen LogP contribution in [-0.4, -0.2) is 17.0 Å². The summed E-state index contributed by atoms with van der Waals surface area (Å²) in [5.41, 5.74) is 0.670. The summed E-state index contributed by atoms with van der Waals surface area (Å²) in [6.07, 6.45) is 1.09. The van der Waals surface area contributed by atoms with E-state index in [4.69, 9.17) is 5.11 Å². The Hall–Kier alpha value is -2.89. The van der Waals surface area contributed by atoms with Gasteiger partial charge in [-0.15, -0.1) is 0 Å². The summed E-state index contributed by atoms with van der Waals surface area (Å²) >= 11 is 0. The van der Waals surface area contributed by atoms with Crippen molar-refractivity contribution >= 4 is 11.9 Å². The van der Waals surface area contributed by atoms with Crippen molar-refractivity contribution in [2.24, 2.45) is 0 Å². The lowest BCUT2D eigenvalue weighted by atomic mass is 10.1. The summed E-state index contributed by atoms with van der Waals surface area (Å²) < 4.78 is 4.59. The molecule has 0 fully saturated rings. The summed E-state index contributed by atoms with van der Waals surface area (Å²) in [6, 6.07) is 8.70. The minimum atomic E-state index is -1.00. The smallest absolute Gasteiger partial charge is 0.335 e. The van der Waals surface area contributed by atoms with E-state index in [2.05, 4.69) is 9.73 Å². The van der Waals surface area contributed by atoms with Gasteiger partial charge >= 0.3 is 11.6 Å². The molecule has 0 aliphatic carbocycles. The standard InChI is InChI=1S/C14H11NO5/c16-12-6-5-11(8-20-12)13(17)15-7-9-1-3-10(4-2-9)14(18)19/h1-6,8H,7H2,(H,15,17)(H,18,19). The van der Waals surface area contributed by atoms with E-state index >= 15 is 0 Å². The summed E-state index contributed by atoms with van der Waals surface area (Å²) in [6.45, 7) is 0.248. The molecule has 0 unspecified atom stereocenters. The number of nitrogens with one attached hydrogen (secondary N) is 1. The third-order valence-electron chi connectivity index (χ3n) is 2.62. The summed E-state index contributed by atoms with van der Waals surface area (Å²) in [5.74, 6) is -1.38. The van der Waals surface area contributed by atoms with Gasteiger partial charge in [0.15, 0.2) is 0 Å². The number of carbonyl (C=O) groups excluding carboxylic acids is 1. The first-order chi connectivity index (χ1) is 9.56. The van der Waals surface area contributed by atoms with Gasteiger partial charge in [0.05, 0.1) is 11.1 Å². The molecule has 2 rings (SSSR count). The van der Waals surface area contributed by atoms with E-state index < -0.39 is 11.6 Å². The number of hydrogen-bond acceptors (Lipinski definition) is 4. The van der Waals surface area contributed by atoms with Crippen LogP contribution in [0.5, 0.6) is 0 Å². The predicted octanol–water partition coefficient (Wildman–Crippen LogP) is 1.27. The van der Waals surface area contributed by atoms with Gasteiger partial charge in [0.25, 0.3) is 5.91 Å². The molecule has 102 valence electrons. The number of carbonyl (C=O) groups is 2. The van der Waals surface area contributed by atoms with Gasteiger partial charge in [-0.3, -0.25) is 4.79 Å². The van der Waals surface area contributed by atoms with Gasteiger partial charge in [0, 0.05) is 12.6 Å². The zero-order chi connectivity index (χ0) is 14.5. The van der Waals surface area contributed by atoms with Gasteiger partial charge in [0.2, 0.25) is 0 Å². The molecule has 1 aromatic heterocycles. The van der Waals surface area contributed by atoms with Crippen LogP contribution in [0.4, 0.5) is 0 Å². The second-order valence-corrected chi connectivity index (χ2v) is 4.03. The Morgan fingerprint density at radius 2 is 1.70 bits per heavy atom. The average molecular weight is 273 g/mol. The number of benzene rings is 1. The SMILES string of the molecule is O=C(O)c1ccc(CNC(=O)c2ccc(=O)oc2)cc1. The maximum Gasteiger partial charge on any atom is 0.335 e. The lowest BCUT2D eigenvalue weighted by Gasteiger charge is -2.05. The van der Waals surface area contributed by atoms with Crippen LogP contribution in [0, 0.1) is 0 Å². The molecule has 20 heavy (non-hydrogen) atoms. The lowest BCUT2D eigenvalue weighted by molar-refractivity contribution is 0.0696. The number of amides is 1. The number of carboxylic acids is 1. The first-order valence-electron chi connectivity index (χ1n) is 5.75. The molecule has 6 nitrogen and oxygen atoms in total. The Morgan fingerprint density at radius 3 is 2.25 bits per heavy atom. The van der Waals surface area contributed by atoms with Gasteiger partial charge < -0.3 is 14.8 Å². The first kappa shape index (κ1) is 13.5. The largest absolute Gasteiger partial charge is 0.478 e. The fourth-order valence-electron chi connectivity index (χ4n) is 1.54. The van der Waals surface area contributed by atoms with E-state index in [-0.39, 0.29) is 23.6 Å².